The first kappa shape index (κ1) is 29.1. The van der Waals surface area contributed by atoms with Crippen molar-refractivity contribution >= 4 is 30.8 Å². The maximum Gasteiger partial charge on any atom is 0.340 e. The lowest BCUT2D eigenvalue weighted by atomic mass is 9.71. The molecule has 0 radical (unpaired) electrons. The van der Waals surface area contributed by atoms with E-state index < -0.39 is 42.9 Å². The highest BCUT2D eigenvalue weighted by Gasteiger charge is 2.38. The zero-order chi connectivity index (χ0) is 25.8. The van der Waals surface area contributed by atoms with Gasteiger partial charge in [-0.1, -0.05) is 51.4 Å². The van der Waals surface area contributed by atoms with Gasteiger partial charge in [-0.2, -0.15) is 0 Å². The third-order valence-corrected chi connectivity index (χ3v) is 7.77. The Morgan fingerprint density at radius 1 is 0.829 bits per heavy atom. The van der Waals surface area contributed by atoms with Gasteiger partial charge in [0.15, 0.2) is 11.6 Å². The lowest BCUT2D eigenvalue weighted by molar-refractivity contribution is -0.142. The van der Waals surface area contributed by atoms with Gasteiger partial charge in [0, 0.05) is 12.5 Å². The Kier molecular flexibility index (Phi) is 12.5. The summed E-state index contributed by atoms with van der Waals surface area (Å²) in [5, 5.41) is 30.9. The van der Waals surface area contributed by atoms with Crippen molar-refractivity contribution in [2.45, 2.75) is 76.3 Å². The van der Waals surface area contributed by atoms with E-state index in [0.29, 0.717) is 13.0 Å². The van der Waals surface area contributed by atoms with Crippen molar-refractivity contribution in [2.24, 2.45) is 23.7 Å². The first-order valence-corrected chi connectivity index (χ1v) is 13.1. The van der Waals surface area contributed by atoms with Crippen molar-refractivity contribution in [1.82, 2.24) is 21.3 Å². The average molecular weight is 494 g/mol. The quantitative estimate of drug-likeness (QED) is 0.199. The molecule has 0 aromatic rings. The number of carboxylic acid groups (broad SMARTS) is 2. The second kappa shape index (κ2) is 15.1. The topological polar surface area (TPSA) is 157 Å². The van der Waals surface area contributed by atoms with Crippen LogP contribution in [0, 0.1) is 23.7 Å². The second-order valence-corrected chi connectivity index (χ2v) is 10.2. The highest BCUT2D eigenvalue weighted by Crippen LogP contribution is 2.35. The molecular formula is C24H43BN4O6. The third kappa shape index (κ3) is 9.11. The van der Waals surface area contributed by atoms with Crippen LogP contribution in [0.25, 0.3) is 0 Å². The molecule has 2 rings (SSSR count). The van der Waals surface area contributed by atoms with Gasteiger partial charge in [-0.15, -0.1) is 0 Å². The van der Waals surface area contributed by atoms with Gasteiger partial charge in [0.25, 0.3) is 0 Å². The molecule has 0 aliphatic heterocycles. The SMILES string of the molecule is CNCCC1CCCC[C@@H]1C(NC(=O)BC(=O)NC(C(=O)O)C(CNC)C1CCCCC1)C(=O)O. The molecule has 2 aliphatic carbocycles. The van der Waals surface area contributed by atoms with Crippen LogP contribution in [-0.4, -0.2) is 80.3 Å². The monoisotopic (exact) mass is 494 g/mol. The number of hydrogen-bond acceptors (Lipinski definition) is 6. The molecule has 0 spiro atoms. The van der Waals surface area contributed by atoms with E-state index in [1.807, 2.05) is 7.05 Å². The smallest absolute Gasteiger partial charge is 0.340 e. The van der Waals surface area contributed by atoms with Crippen LogP contribution in [0.5, 0.6) is 0 Å². The van der Waals surface area contributed by atoms with Crippen molar-refractivity contribution in [3.8, 4) is 0 Å². The summed E-state index contributed by atoms with van der Waals surface area (Å²) in [5.74, 6) is -3.74. The van der Waals surface area contributed by atoms with Gasteiger partial charge in [0.2, 0.25) is 0 Å². The highest BCUT2D eigenvalue weighted by atomic mass is 16.4. The number of rotatable bonds is 14. The molecule has 0 aromatic heterocycles. The molecule has 0 saturated heterocycles. The van der Waals surface area contributed by atoms with E-state index in [-0.39, 0.29) is 23.7 Å². The second-order valence-electron chi connectivity index (χ2n) is 10.2. The summed E-state index contributed by atoms with van der Waals surface area (Å²) >= 11 is 0. The molecule has 11 heteroatoms. The number of amides is 2. The minimum Gasteiger partial charge on any atom is -0.480 e. The Balaban J connectivity index is 2.01. The Morgan fingerprint density at radius 2 is 1.46 bits per heavy atom. The molecule has 35 heavy (non-hydrogen) atoms. The minimum atomic E-state index is -1.12. The van der Waals surface area contributed by atoms with Gasteiger partial charge in [0.1, 0.15) is 12.1 Å². The number of aliphatic carboxylic acids is 2. The van der Waals surface area contributed by atoms with E-state index in [0.717, 1.165) is 64.3 Å². The fraction of sp³-hybridized carbons (Fsp3) is 0.833. The van der Waals surface area contributed by atoms with Gasteiger partial charge >= 0.3 is 19.2 Å². The molecule has 2 amide bonds. The van der Waals surface area contributed by atoms with Crippen LogP contribution in [0.2, 0.25) is 0 Å². The first-order chi connectivity index (χ1) is 16.8. The molecule has 5 atom stereocenters. The molecule has 6 N–H and O–H groups in total. The first-order valence-electron chi connectivity index (χ1n) is 13.1. The van der Waals surface area contributed by atoms with Crippen molar-refractivity contribution in [2.75, 3.05) is 27.2 Å². The van der Waals surface area contributed by atoms with Crippen molar-refractivity contribution < 1.29 is 29.4 Å². The number of carbonyl (C=O) groups is 4. The lowest BCUT2D eigenvalue weighted by Gasteiger charge is -2.36. The van der Waals surface area contributed by atoms with E-state index in [1.165, 1.54) is 0 Å². The molecule has 10 nitrogen and oxygen atoms in total. The number of nitrogens with one attached hydrogen (secondary N) is 4. The van der Waals surface area contributed by atoms with Crippen molar-refractivity contribution in [3.05, 3.63) is 0 Å². The number of hydrogen-bond donors (Lipinski definition) is 6. The molecular weight excluding hydrogens is 451 g/mol. The Labute approximate surface area is 209 Å². The molecule has 198 valence electrons. The third-order valence-electron chi connectivity index (χ3n) is 7.77. The normalized spacial score (nSPS) is 23.5. The molecule has 0 heterocycles. The largest absolute Gasteiger partial charge is 0.480 e. The summed E-state index contributed by atoms with van der Waals surface area (Å²) in [4.78, 5) is 49.4. The summed E-state index contributed by atoms with van der Waals surface area (Å²) < 4.78 is 0. The molecule has 2 fully saturated rings. The Bertz CT molecular complexity index is 718. The number of carbonyl (C=O) groups excluding carboxylic acids is 2. The zero-order valence-electron chi connectivity index (χ0n) is 21.2. The van der Waals surface area contributed by atoms with Crippen LogP contribution in [0.15, 0.2) is 0 Å². The molecule has 0 aromatic carbocycles. The van der Waals surface area contributed by atoms with Gasteiger partial charge < -0.3 is 31.5 Å². The molecule has 2 aliphatic rings. The Hall–Kier alpha value is -2.14. The highest BCUT2D eigenvalue weighted by molar-refractivity contribution is 6.96. The van der Waals surface area contributed by atoms with E-state index >= 15 is 0 Å². The fourth-order valence-corrected chi connectivity index (χ4v) is 6.02. The van der Waals surface area contributed by atoms with E-state index in [9.17, 15) is 29.4 Å². The summed E-state index contributed by atoms with van der Waals surface area (Å²) in [6.45, 7) is 1.22. The summed E-state index contributed by atoms with van der Waals surface area (Å²) in [7, 11) is 3.01. The van der Waals surface area contributed by atoms with Crippen LogP contribution in [-0.2, 0) is 9.59 Å². The maximum atomic E-state index is 12.7. The van der Waals surface area contributed by atoms with E-state index in [1.54, 1.807) is 7.05 Å². The predicted octanol–water partition coefficient (Wildman–Crippen LogP) is 1.58. The average Bonchev–Trinajstić information content (AvgIpc) is 2.84. The predicted molar refractivity (Wildman–Crippen MR) is 135 cm³/mol. The number of carboxylic acids is 2. The molecule has 4 unspecified atom stereocenters. The summed E-state index contributed by atoms with van der Waals surface area (Å²) in [6.07, 6.45) is 9.47. The minimum absolute atomic E-state index is 0.181. The van der Waals surface area contributed by atoms with Gasteiger partial charge in [-0.3, -0.25) is 9.59 Å². The molecule has 2 saturated carbocycles. The van der Waals surface area contributed by atoms with Gasteiger partial charge in [-0.25, -0.2) is 9.59 Å². The summed E-state index contributed by atoms with van der Waals surface area (Å²) in [5.41, 5.74) is 0. The van der Waals surface area contributed by atoms with Crippen LogP contribution in [0.4, 0.5) is 9.59 Å². The Morgan fingerprint density at radius 3 is 2.06 bits per heavy atom. The summed E-state index contributed by atoms with van der Waals surface area (Å²) in [6, 6.07) is -2.17. The van der Waals surface area contributed by atoms with Crippen molar-refractivity contribution in [1.29, 1.82) is 0 Å². The standard InChI is InChI=1S/C24H43BN4O6/c1-26-13-12-16-10-6-7-11-17(16)19(21(30)31)28-23(34)25-24(35)29-20(22(32)33)18(14-27-2)15-8-4-3-5-9-15/h15-20,25-27H,3-14H2,1-2H3,(H,28,34)(H,29,35)(H,30,31)(H,32,33)/t16?,17-,18?,19?,20?/m0/s1. The van der Waals surface area contributed by atoms with Crippen molar-refractivity contribution in [3.63, 3.8) is 0 Å². The van der Waals surface area contributed by atoms with Crippen LogP contribution in [0.1, 0.15) is 64.2 Å². The van der Waals surface area contributed by atoms with E-state index in [4.69, 9.17) is 0 Å². The fourth-order valence-electron chi connectivity index (χ4n) is 6.02. The van der Waals surface area contributed by atoms with E-state index in [2.05, 4.69) is 21.3 Å². The van der Waals surface area contributed by atoms with Crippen LogP contribution < -0.4 is 21.3 Å². The van der Waals surface area contributed by atoms with Gasteiger partial charge in [-0.05, 0) is 51.2 Å². The van der Waals surface area contributed by atoms with Crippen LogP contribution >= 0.6 is 0 Å². The maximum absolute atomic E-state index is 12.7. The lowest BCUT2D eigenvalue weighted by Crippen LogP contribution is -2.55. The molecule has 0 bridgehead atoms. The van der Waals surface area contributed by atoms with Gasteiger partial charge in [0.05, 0.1) is 0 Å². The zero-order valence-corrected chi connectivity index (χ0v) is 21.2. The van der Waals surface area contributed by atoms with Crippen LogP contribution in [0.3, 0.4) is 0 Å².